The van der Waals surface area contributed by atoms with Gasteiger partial charge in [0.2, 0.25) is 5.95 Å². The van der Waals surface area contributed by atoms with Crippen LogP contribution in [0.3, 0.4) is 0 Å². The molecule has 0 saturated carbocycles. The van der Waals surface area contributed by atoms with Crippen LogP contribution < -0.4 is 9.64 Å². The Morgan fingerprint density at radius 3 is 2.53 bits per heavy atom. The molecule has 0 unspecified atom stereocenters. The number of anilines is 1. The van der Waals surface area contributed by atoms with Crippen molar-refractivity contribution >= 4 is 28.5 Å². The maximum absolute atomic E-state index is 13.4. The number of pyridine rings is 1. The molecule has 6 rings (SSSR count). The lowest BCUT2D eigenvalue weighted by Gasteiger charge is -2.35. The van der Waals surface area contributed by atoms with Crippen molar-refractivity contribution in [2.45, 2.75) is 6.92 Å². The number of aryl methyl sites for hydroxylation is 1. The molecule has 0 aliphatic carbocycles. The van der Waals surface area contributed by atoms with Gasteiger partial charge in [-0.15, -0.1) is 0 Å². The quantitative estimate of drug-likeness (QED) is 0.272. The molecule has 0 bridgehead atoms. The van der Waals surface area contributed by atoms with Crippen molar-refractivity contribution in [3.63, 3.8) is 0 Å². The van der Waals surface area contributed by atoms with E-state index in [1.807, 2.05) is 41.1 Å². The van der Waals surface area contributed by atoms with Crippen LogP contribution in [0.2, 0.25) is 0 Å². The summed E-state index contributed by atoms with van der Waals surface area (Å²) in [6.45, 7) is 3.68. The molecule has 5 aromatic rings. The molecule has 1 aliphatic heterocycles. The topological polar surface area (TPSA) is 127 Å². The predicted octanol–water partition coefficient (Wildman–Crippen LogP) is 2.18. The van der Waals surface area contributed by atoms with E-state index in [0.717, 1.165) is 11.6 Å². The van der Waals surface area contributed by atoms with Crippen molar-refractivity contribution in [1.82, 2.24) is 39.2 Å². The van der Waals surface area contributed by atoms with E-state index >= 15 is 0 Å². The Kier molecular flexibility index (Phi) is 5.83. The number of para-hydroxylation sites is 1. The Balaban J connectivity index is 1.22. The zero-order chi connectivity index (χ0) is 26.2. The number of carbonyl (C=O) groups excluding carboxylic acids is 2. The fourth-order valence-electron chi connectivity index (χ4n) is 4.75. The molecule has 12 heteroatoms. The first kappa shape index (κ1) is 23.4. The van der Waals surface area contributed by atoms with Gasteiger partial charge in [-0.3, -0.25) is 14.2 Å². The minimum Gasteiger partial charge on any atom is -0.494 e. The summed E-state index contributed by atoms with van der Waals surface area (Å²) in [5, 5.41) is 4.79. The molecule has 0 spiro atoms. The Bertz CT molecular complexity index is 1630. The molecule has 1 aliphatic rings. The SMILES string of the molecule is COc1cnc(-n2cnc(C)n2)c2[nH]cc(C(=O)C(=O)N3CCN(c4nccn4-c4ccccc4)CC3)c12. The fraction of sp³-hybridized carbons (Fsp3) is 0.231. The molecule has 1 N–H and O–H groups in total. The summed E-state index contributed by atoms with van der Waals surface area (Å²) < 4.78 is 9.01. The van der Waals surface area contributed by atoms with E-state index in [2.05, 4.69) is 29.9 Å². The van der Waals surface area contributed by atoms with Gasteiger partial charge >= 0.3 is 0 Å². The monoisotopic (exact) mass is 511 g/mol. The fourth-order valence-corrected chi connectivity index (χ4v) is 4.75. The molecule has 192 valence electrons. The van der Waals surface area contributed by atoms with Crippen molar-refractivity contribution in [3.05, 3.63) is 72.8 Å². The van der Waals surface area contributed by atoms with Gasteiger partial charge in [-0.05, 0) is 19.1 Å². The smallest absolute Gasteiger partial charge is 0.295 e. The van der Waals surface area contributed by atoms with Gasteiger partial charge in [0.05, 0.1) is 29.8 Å². The van der Waals surface area contributed by atoms with Crippen LogP contribution in [0.25, 0.3) is 22.4 Å². The number of rotatable bonds is 6. The average Bonchev–Trinajstić information content (AvgIpc) is 3.72. The number of carbonyl (C=O) groups is 2. The maximum atomic E-state index is 13.4. The molecule has 0 atom stereocenters. The molecule has 38 heavy (non-hydrogen) atoms. The first-order valence-corrected chi connectivity index (χ1v) is 12.1. The first-order valence-electron chi connectivity index (χ1n) is 12.1. The number of piperazine rings is 1. The summed E-state index contributed by atoms with van der Waals surface area (Å²) >= 11 is 0. The highest BCUT2D eigenvalue weighted by Crippen LogP contribution is 2.32. The summed E-state index contributed by atoms with van der Waals surface area (Å²) in [7, 11) is 1.50. The van der Waals surface area contributed by atoms with Gasteiger partial charge in [0.1, 0.15) is 17.9 Å². The summed E-state index contributed by atoms with van der Waals surface area (Å²) in [5.41, 5.74) is 1.77. The van der Waals surface area contributed by atoms with Crippen molar-refractivity contribution < 1.29 is 14.3 Å². The van der Waals surface area contributed by atoms with Gasteiger partial charge in [-0.25, -0.2) is 19.6 Å². The van der Waals surface area contributed by atoms with E-state index < -0.39 is 11.7 Å². The molecule has 5 heterocycles. The van der Waals surface area contributed by atoms with E-state index in [1.54, 1.807) is 24.3 Å². The lowest BCUT2D eigenvalue weighted by atomic mass is 10.1. The number of fused-ring (bicyclic) bond motifs is 1. The number of ketones is 1. The zero-order valence-corrected chi connectivity index (χ0v) is 20.9. The van der Waals surface area contributed by atoms with Crippen LogP contribution in [0.15, 0.2) is 61.4 Å². The number of ether oxygens (including phenoxy) is 1. The van der Waals surface area contributed by atoms with E-state index in [9.17, 15) is 9.59 Å². The number of benzene rings is 1. The number of hydrogen-bond acceptors (Lipinski definition) is 8. The van der Waals surface area contributed by atoms with Gasteiger partial charge in [-0.1, -0.05) is 18.2 Å². The van der Waals surface area contributed by atoms with Crippen LogP contribution in [0.5, 0.6) is 5.75 Å². The molecule has 4 aromatic heterocycles. The maximum Gasteiger partial charge on any atom is 0.295 e. The van der Waals surface area contributed by atoms with Gasteiger partial charge in [-0.2, -0.15) is 5.10 Å². The van der Waals surface area contributed by atoms with Crippen molar-refractivity contribution in [2.24, 2.45) is 0 Å². The largest absolute Gasteiger partial charge is 0.494 e. The number of amides is 1. The third kappa shape index (κ3) is 3.95. The minimum absolute atomic E-state index is 0.226. The zero-order valence-electron chi connectivity index (χ0n) is 20.9. The van der Waals surface area contributed by atoms with Crippen molar-refractivity contribution in [3.8, 4) is 17.3 Å². The van der Waals surface area contributed by atoms with Crippen molar-refractivity contribution in [2.75, 3.05) is 38.2 Å². The number of hydrogen-bond donors (Lipinski definition) is 1. The Hall–Kier alpha value is -5.00. The number of Topliss-reactive ketones (excluding diaryl/α,β-unsaturated/α-hetero) is 1. The second-order valence-electron chi connectivity index (χ2n) is 8.88. The van der Waals surface area contributed by atoms with E-state index in [4.69, 9.17) is 4.74 Å². The summed E-state index contributed by atoms with van der Waals surface area (Å²) in [5.74, 6) is 1.05. The van der Waals surface area contributed by atoms with Crippen LogP contribution in [0.1, 0.15) is 16.2 Å². The minimum atomic E-state index is -0.610. The van der Waals surface area contributed by atoms with Crippen LogP contribution in [-0.2, 0) is 4.79 Å². The molecule has 0 radical (unpaired) electrons. The first-order chi connectivity index (χ1) is 18.5. The second-order valence-corrected chi connectivity index (χ2v) is 8.88. The highest BCUT2D eigenvalue weighted by Gasteiger charge is 2.31. The Labute approximate surface area is 217 Å². The predicted molar refractivity (Wildman–Crippen MR) is 139 cm³/mol. The van der Waals surface area contributed by atoms with E-state index in [1.165, 1.54) is 24.2 Å². The highest BCUT2D eigenvalue weighted by molar-refractivity contribution is 6.45. The lowest BCUT2D eigenvalue weighted by molar-refractivity contribution is -0.126. The average molecular weight is 512 g/mol. The number of methoxy groups -OCH3 is 1. The van der Waals surface area contributed by atoms with Crippen molar-refractivity contribution in [1.29, 1.82) is 0 Å². The standard InChI is InChI=1S/C26H25N9O3/c1-17-30-16-35(31-17)24-22-21(20(38-2)15-29-24)19(14-28-22)23(36)25(37)32-10-12-33(13-11-32)26-27-8-9-34(26)18-6-4-3-5-7-18/h3-9,14-16,28H,10-13H2,1-2H3. The molecule has 1 fully saturated rings. The highest BCUT2D eigenvalue weighted by atomic mass is 16.5. The van der Waals surface area contributed by atoms with Crippen LogP contribution in [0, 0.1) is 6.92 Å². The second kappa shape index (κ2) is 9.47. The van der Waals surface area contributed by atoms with E-state index in [0.29, 0.717) is 54.5 Å². The molecular weight excluding hydrogens is 486 g/mol. The molecule has 1 aromatic carbocycles. The van der Waals surface area contributed by atoms with E-state index in [-0.39, 0.29) is 5.56 Å². The lowest BCUT2D eigenvalue weighted by Crippen LogP contribution is -2.51. The molecule has 1 saturated heterocycles. The molecular formula is C26H25N9O3. The summed E-state index contributed by atoms with van der Waals surface area (Å²) in [6, 6.07) is 9.96. The molecule has 12 nitrogen and oxygen atoms in total. The number of H-pyrrole nitrogens is 1. The van der Waals surface area contributed by atoms with Gasteiger partial charge in [0, 0.05) is 50.5 Å². The van der Waals surface area contributed by atoms with Crippen LogP contribution in [-0.4, -0.2) is 84.2 Å². The summed E-state index contributed by atoms with van der Waals surface area (Å²) in [4.78, 5) is 46.6. The van der Waals surface area contributed by atoms with Crippen LogP contribution in [0.4, 0.5) is 5.95 Å². The number of aromatic nitrogens is 7. The number of imidazole rings is 1. The summed E-state index contributed by atoms with van der Waals surface area (Å²) in [6.07, 6.45) is 8.25. The number of nitrogens with zero attached hydrogens (tertiary/aromatic N) is 8. The number of aromatic amines is 1. The van der Waals surface area contributed by atoms with Gasteiger partial charge in [0.25, 0.3) is 11.7 Å². The van der Waals surface area contributed by atoms with Gasteiger partial charge < -0.3 is 19.5 Å². The third-order valence-corrected chi connectivity index (χ3v) is 6.64. The molecule has 1 amide bonds. The van der Waals surface area contributed by atoms with Crippen LogP contribution >= 0.6 is 0 Å². The van der Waals surface area contributed by atoms with Gasteiger partial charge in [0.15, 0.2) is 5.82 Å². The Morgan fingerprint density at radius 2 is 1.82 bits per heavy atom. The third-order valence-electron chi connectivity index (χ3n) is 6.64. The Morgan fingerprint density at radius 1 is 1.03 bits per heavy atom. The number of nitrogens with one attached hydrogen (secondary N) is 1. The normalized spacial score (nSPS) is 13.7.